The molecule has 0 fully saturated rings. The fourth-order valence-electron chi connectivity index (χ4n) is 3.91. The maximum Gasteiger partial charge on any atom is 0.416 e. The molecule has 3 aromatic rings. The molecular weight excluding hydrogens is 561 g/mol. The molecule has 0 N–H and O–H groups in total. The van der Waals surface area contributed by atoms with Crippen molar-refractivity contribution >= 4 is 11.8 Å². The van der Waals surface area contributed by atoms with Crippen molar-refractivity contribution in [1.82, 2.24) is 9.80 Å². The summed E-state index contributed by atoms with van der Waals surface area (Å²) in [4.78, 5) is 29.0. The summed E-state index contributed by atoms with van der Waals surface area (Å²) in [5.74, 6) is -1.98. The molecule has 41 heavy (non-hydrogen) atoms. The first-order valence-electron chi connectivity index (χ1n) is 12.5. The Kier molecular flexibility index (Phi) is 10.5. The Balaban J connectivity index is 1.93. The second kappa shape index (κ2) is 13.7. The average Bonchev–Trinajstić information content (AvgIpc) is 3.42. The Morgan fingerprint density at radius 2 is 1.51 bits per heavy atom. The number of furan rings is 1. The lowest BCUT2D eigenvalue weighted by molar-refractivity contribution is -0.143. The Hall–Kier alpha value is -3.87. The van der Waals surface area contributed by atoms with Gasteiger partial charge in [-0.05, 0) is 61.4 Å². The number of ether oxygens (including phenoxy) is 1. The van der Waals surface area contributed by atoms with Gasteiger partial charge in [0.25, 0.3) is 5.91 Å². The van der Waals surface area contributed by atoms with Gasteiger partial charge < -0.3 is 19.0 Å². The van der Waals surface area contributed by atoms with E-state index < -0.39 is 53.2 Å². The molecule has 1 aromatic heterocycles. The summed E-state index contributed by atoms with van der Waals surface area (Å²) in [5, 5.41) is 0. The predicted molar refractivity (Wildman–Crippen MR) is 133 cm³/mol. The first kappa shape index (κ1) is 31.7. The van der Waals surface area contributed by atoms with Gasteiger partial charge >= 0.3 is 12.4 Å². The van der Waals surface area contributed by atoms with Gasteiger partial charge in [0.2, 0.25) is 5.91 Å². The van der Waals surface area contributed by atoms with Gasteiger partial charge in [0.1, 0.15) is 18.1 Å². The molecule has 0 aliphatic rings. The molecule has 0 saturated heterocycles. The van der Waals surface area contributed by atoms with E-state index in [1.54, 1.807) is 19.1 Å². The van der Waals surface area contributed by atoms with Crippen molar-refractivity contribution in [3.05, 3.63) is 94.7 Å². The van der Waals surface area contributed by atoms with Crippen LogP contribution >= 0.6 is 0 Å². The van der Waals surface area contributed by atoms with E-state index in [0.717, 1.165) is 4.90 Å². The molecule has 2 aromatic carbocycles. The van der Waals surface area contributed by atoms with Crippen molar-refractivity contribution in [2.45, 2.75) is 38.8 Å². The lowest BCUT2D eigenvalue weighted by Gasteiger charge is -2.28. The maximum atomic E-state index is 13.5. The van der Waals surface area contributed by atoms with Crippen LogP contribution in [-0.4, -0.2) is 47.9 Å². The standard InChI is InChI=1S/C28H27F7N2O4/c1-2-40-11-4-10-36(26(39)20-13-21(27(30,31)32)15-22(14-20)28(33,34)35)18-25(38)37(17-24-5-3-12-41-24)16-19-6-8-23(29)9-7-19/h3,5-9,12-15H,2,4,10-11,16-18H2,1H3. The van der Waals surface area contributed by atoms with Crippen molar-refractivity contribution < 1.29 is 49.5 Å². The number of halogens is 7. The fraction of sp³-hybridized carbons (Fsp3) is 0.357. The number of hydrogen-bond acceptors (Lipinski definition) is 4. The van der Waals surface area contributed by atoms with E-state index in [4.69, 9.17) is 9.15 Å². The average molecular weight is 589 g/mol. The third-order valence-electron chi connectivity index (χ3n) is 5.93. The Morgan fingerprint density at radius 1 is 0.878 bits per heavy atom. The van der Waals surface area contributed by atoms with Gasteiger partial charge in [0, 0.05) is 31.9 Å². The Labute approximate surface area is 231 Å². The Bertz CT molecular complexity index is 1260. The number of hydrogen-bond donors (Lipinski definition) is 0. The minimum absolute atomic E-state index is 0.0391. The molecule has 0 atom stereocenters. The molecule has 0 aliphatic carbocycles. The van der Waals surface area contributed by atoms with Gasteiger partial charge in [0.05, 0.1) is 23.9 Å². The van der Waals surface area contributed by atoms with Crippen LogP contribution in [0.5, 0.6) is 0 Å². The van der Waals surface area contributed by atoms with Gasteiger partial charge in [0.15, 0.2) is 0 Å². The Morgan fingerprint density at radius 3 is 2.05 bits per heavy atom. The van der Waals surface area contributed by atoms with Crippen LogP contribution in [0.25, 0.3) is 0 Å². The SMILES string of the molecule is CCOCCCN(CC(=O)N(Cc1ccc(F)cc1)Cc1ccco1)C(=O)c1cc(C(F)(F)F)cc(C(F)(F)F)c1. The van der Waals surface area contributed by atoms with E-state index in [2.05, 4.69) is 0 Å². The highest BCUT2D eigenvalue weighted by atomic mass is 19.4. The number of rotatable bonds is 12. The molecule has 6 nitrogen and oxygen atoms in total. The van der Waals surface area contributed by atoms with Gasteiger partial charge in [-0.3, -0.25) is 9.59 Å². The van der Waals surface area contributed by atoms with Crippen LogP contribution in [0, 0.1) is 5.82 Å². The zero-order valence-corrected chi connectivity index (χ0v) is 21.9. The number of carbonyl (C=O) groups excluding carboxylic acids is 2. The van der Waals surface area contributed by atoms with E-state index in [-0.39, 0.29) is 38.7 Å². The highest BCUT2D eigenvalue weighted by Crippen LogP contribution is 2.36. The fourth-order valence-corrected chi connectivity index (χ4v) is 3.91. The number of nitrogens with zero attached hydrogens (tertiary/aromatic N) is 2. The monoisotopic (exact) mass is 588 g/mol. The maximum absolute atomic E-state index is 13.5. The van der Waals surface area contributed by atoms with Gasteiger partial charge in [-0.15, -0.1) is 0 Å². The molecule has 222 valence electrons. The first-order chi connectivity index (χ1) is 19.3. The van der Waals surface area contributed by atoms with Crippen molar-refractivity contribution in [3.63, 3.8) is 0 Å². The zero-order chi connectivity index (χ0) is 30.2. The zero-order valence-electron chi connectivity index (χ0n) is 21.9. The summed E-state index contributed by atoms with van der Waals surface area (Å²) >= 11 is 0. The normalized spacial score (nSPS) is 11.9. The number of alkyl halides is 6. The first-order valence-corrected chi connectivity index (χ1v) is 12.5. The summed E-state index contributed by atoms with van der Waals surface area (Å²) in [6, 6.07) is 9.06. The molecule has 0 aliphatic heterocycles. The molecule has 13 heteroatoms. The van der Waals surface area contributed by atoms with Crippen LogP contribution in [0.1, 0.15) is 46.2 Å². The quantitative estimate of drug-likeness (QED) is 0.178. The van der Waals surface area contributed by atoms with Crippen molar-refractivity contribution in [1.29, 1.82) is 0 Å². The van der Waals surface area contributed by atoms with Crippen LogP contribution in [0.15, 0.2) is 65.3 Å². The lowest BCUT2D eigenvalue weighted by Crippen LogP contribution is -2.43. The molecule has 0 spiro atoms. The van der Waals surface area contributed by atoms with E-state index in [0.29, 0.717) is 30.1 Å². The third kappa shape index (κ3) is 9.34. The lowest BCUT2D eigenvalue weighted by atomic mass is 10.0. The molecule has 0 unspecified atom stereocenters. The van der Waals surface area contributed by atoms with Gasteiger partial charge in [-0.1, -0.05) is 12.1 Å². The van der Waals surface area contributed by atoms with Crippen molar-refractivity contribution in [3.8, 4) is 0 Å². The molecule has 0 saturated carbocycles. The van der Waals surface area contributed by atoms with E-state index in [1.165, 1.54) is 35.4 Å². The molecule has 3 rings (SSSR count). The molecule has 0 bridgehead atoms. The summed E-state index contributed by atoms with van der Waals surface area (Å²) in [6.45, 7) is 1.24. The topological polar surface area (TPSA) is 63.0 Å². The summed E-state index contributed by atoms with van der Waals surface area (Å²) in [6.07, 6.45) is -8.76. The van der Waals surface area contributed by atoms with Gasteiger partial charge in [-0.25, -0.2) is 4.39 Å². The van der Waals surface area contributed by atoms with E-state index >= 15 is 0 Å². The number of amides is 2. The second-order valence-electron chi connectivity index (χ2n) is 9.03. The van der Waals surface area contributed by atoms with E-state index in [1.807, 2.05) is 0 Å². The van der Waals surface area contributed by atoms with Crippen LogP contribution in [0.3, 0.4) is 0 Å². The largest absolute Gasteiger partial charge is 0.467 e. The van der Waals surface area contributed by atoms with Crippen LogP contribution in [0.2, 0.25) is 0 Å². The van der Waals surface area contributed by atoms with Crippen LogP contribution in [-0.2, 0) is 35.0 Å². The number of benzene rings is 2. The number of carbonyl (C=O) groups is 2. The summed E-state index contributed by atoms with van der Waals surface area (Å²) in [5.41, 5.74) is -3.63. The second-order valence-corrected chi connectivity index (χ2v) is 9.03. The molecule has 0 radical (unpaired) electrons. The summed E-state index contributed by atoms with van der Waals surface area (Å²) in [7, 11) is 0. The van der Waals surface area contributed by atoms with Crippen LogP contribution < -0.4 is 0 Å². The van der Waals surface area contributed by atoms with E-state index in [9.17, 15) is 40.3 Å². The highest BCUT2D eigenvalue weighted by molar-refractivity contribution is 5.97. The van der Waals surface area contributed by atoms with Crippen molar-refractivity contribution in [2.24, 2.45) is 0 Å². The molecule has 1 heterocycles. The minimum Gasteiger partial charge on any atom is -0.467 e. The van der Waals surface area contributed by atoms with Crippen LogP contribution in [0.4, 0.5) is 30.7 Å². The van der Waals surface area contributed by atoms with Crippen molar-refractivity contribution in [2.75, 3.05) is 26.3 Å². The third-order valence-corrected chi connectivity index (χ3v) is 5.93. The summed E-state index contributed by atoms with van der Waals surface area (Å²) < 4.78 is 104. The van der Waals surface area contributed by atoms with Gasteiger partial charge in [-0.2, -0.15) is 26.3 Å². The predicted octanol–water partition coefficient (Wildman–Crippen LogP) is 6.55. The molecular formula is C28H27F7N2O4. The highest BCUT2D eigenvalue weighted by Gasteiger charge is 2.38. The minimum atomic E-state index is -5.15. The smallest absolute Gasteiger partial charge is 0.416 e. The molecule has 2 amide bonds.